The predicted molar refractivity (Wildman–Crippen MR) is 90.5 cm³/mol. The van der Waals surface area contributed by atoms with Crippen molar-refractivity contribution in [2.45, 2.75) is 46.6 Å². The molecule has 1 aromatic rings. The Bertz CT molecular complexity index is 519. The van der Waals surface area contributed by atoms with Crippen LogP contribution in [-0.4, -0.2) is 17.7 Å². The second-order valence-corrected chi connectivity index (χ2v) is 6.43. The average molecular weight is 301 g/mol. The van der Waals surface area contributed by atoms with Crippen molar-refractivity contribution in [2.24, 2.45) is 11.8 Å². The van der Waals surface area contributed by atoms with Gasteiger partial charge in [-0.15, -0.1) is 0 Å². The Kier molecular flexibility index (Phi) is 7.03. The standard InChI is InChI=1S/C19H27NO2/c1-13(2)11-17(18(21)14(3)4)20-19(22)15(5)12-16-9-7-6-8-10-16/h6-10,13,15,17H,3,11-12H2,1-2,4-5H3,(H,20,22)/t15-,17+/m1/s1. The van der Waals surface area contributed by atoms with Gasteiger partial charge in [-0.2, -0.15) is 0 Å². The highest BCUT2D eigenvalue weighted by Gasteiger charge is 2.24. The lowest BCUT2D eigenvalue weighted by atomic mass is 9.95. The first-order chi connectivity index (χ1) is 10.3. The van der Waals surface area contributed by atoms with Gasteiger partial charge in [-0.3, -0.25) is 9.59 Å². The Morgan fingerprint density at radius 1 is 1.14 bits per heavy atom. The van der Waals surface area contributed by atoms with Crippen LogP contribution in [-0.2, 0) is 16.0 Å². The van der Waals surface area contributed by atoms with Crippen molar-refractivity contribution in [1.82, 2.24) is 5.32 Å². The molecule has 120 valence electrons. The van der Waals surface area contributed by atoms with Crippen LogP contribution in [0, 0.1) is 11.8 Å². The lowest BCUT2D eigenvalue weighted by molar-refractivity contribution is -0.128. The summed E-state index contributed by atoms with van der Waals surface area (Å²) in [5.41, 5.74) is 1.61. The van der Waals surface area contributed by atoms with E-state index in [-0.39, 0.29) is 17.6 Å². The molecule has 0 aliphatic heterocycles. The van der Waals surface area contributed by atoms with Gasteiger partial charge >= 0.3 is 0 Å². The lowest BCUT2D eigenvalue weighted by Gasteiger charge is -2.22. The molecule has 1 N–H and O–H groups in total. The van der Waals surface area contributed by atoms with Crippen molar-refractivity contribution in [2.75, 3.05) is 0 Å². The van der Waals surface area contributed by atoms with E-state index in [1.54, 1.807) is 6.92 Å². The number of ketones is 1. The van der Waals surface area contributed by atoms with E-state index in [1.165, 1.54) is 0 Å². The summed E-state index contributed by atoms with van der Waals surface area (Å²) in [7, 11) is 0. The quantitative estimate of drug-likeness (QED) is 0.746. The minimum Gasteiger partial charge on any atom is -0.346 e. The monoisotopic (exact) mass is 301 g/mol. The third kappa shape index (κ3) is 5.84. The van der Waals surface area contributed by atoms with Gasteiger partial charge in [0.05, 0.1) is 6.04 Å². The van der Waals surface area contributed by atoms with Crippen LogP contribution in [0.1, 0.15) is 39.7 Å². The fraction of sp³-hybridized carbons (Fsp3) is 0.474. The van der Waals surface area contributed by atoms with Crippen molar-refractivity contribution < 1.29 is 9.59 Å². The first-order valence-electron chi connectivity index (χ1n) is 7.85. The number of hydrogen-bond donors (Lipinski definition) is 1. The van der Waals surface area contributed by atoms with Gasteiger partial charge in [-0.1, -0.05) is 57.7 Å². The second kappa shape index (κ2) is 8.52. The molecule has 22 heavy (non-hydrogen) atoms. The number of Topliss-reactive ketones (excluding diaryl/α,β-unsaturated/α-hetero) is 1. The first kappa shape index (κ1) is 18.1. The average Bonchev–Trinajstić information content (AvgIpc) is 2.46. The van der Waals surface area contributed by atoms with Crippen molar-refractivity contribution in [3.8, 4) is 0 Å². The van der Waals surface area contributed by atoms with Crippen LogP contribution < -0.4 is 5.32 Å². The molecule has 0 bridgehead atoms. The van der Waals surface area contributed by atoms with Gasteiger partial charge in [-0.05, 0) is 36.8 Å². The predicted octanol–water partition coefficient (Wildman–Crippen LogP) is 3.54. The summed E-state index contributed by atoms with van der Waals surface area (Å²) >= 11 is 0. The molecule has 3 heteroatoms. The van der Waals surface area contributed by atoms with Gasteiger partial charge in [0.25, 0.3) is 0 Å². The van der Waals surface area contributed by atoms with Gasteiger partial charge in [0.15, 0.2) is 5.78 Å². The minimum atomic E-state index is -0.469. The van der Waals surface area contributed by atoms with E-state index in [0.717, 1.165) is 5.56 Å². The number of rotatable bonds is 8. The lowest BCUT2D eigenvalue weighted by Crippen LogP contribution is -2.44. The summed E-state index contributed by atoms with van der Waals surface area (Å²) in [5, 5.41) is 2.90. The maximum Gasteiger partial charge on any atom is 0.223 e. The van der Waals surface area contributed by atoms with Crippen LogP contribution in [0.15, 0.2) is 42.5 Å². The molecular formula is C19H27NO2. The highest BCUT2D eigenvalue weighted by molar-refractivity contribution is 6.00. The summed E-state index contributed by atoms with van der Waals surface area (Å²) < 4.78 is 0. The SMILES string of the molecule is C=C(C)C(=O)[C@H](CC(C)C)NC(=O)[C@H](C)Cc1ccccc1. The first-order valence-corrected chi connectivity index (χ1v) is 7.85. The van der Waals surface area contributed by atoms with E-state index in [4.69, 9.17) is 0 Å². The Hall–Kier alpha value is -1.90. The maximum atomic E-state index is 12.4. The smallest absolute Gasteiger partial charge is 0.223 e. The van der Waals surface area contributed by atoms with Gasteiger partial charge in [-0.25, -0.2) is 0 Å². The molecule has 0 fully saturated rings. The van der Waals surface area contributed by atoms with Crippen molar-refractivity contribution >= 4 is 11.7 Å². The van der Waals surface area contributed by atoms with Crippen molar-refractivity contribution in [1.29, 1.82) is 0 Å². The Labute approximate surface area is 133 Å². The van der Waals surface area contributed by atoms with Crippen LogP contribution in [0.3, 0.4) is 0 Å². The molecule has 0 saturated heterocycles. The zero-order valence-electron chi connectivity index (χ0n) is 14.1. The van der Waals surface area contributed by atoms with Crippen LogP contribution in [0.2, 0.25) is 0 Å². The van der Waals surface area contributed by atoms with Gasteiger partial charge in [0, 0.05) is 5.92 Å². The van der Waals surface area contributed by atoms with E-state index in [1.807, 2.05) is 51.1 Å². The number of benzene rings is 1. The molecular weight excluding hydrogens is 274 g/mol. The molecule has 0 unspecified atom stereocenters. The highest BCUT2D eigenvalue weighted by atomic mass is 16.2. The Morgan fingerprint density at radius 3 is 2.23 bits per heavy atom. The van der Waals surface area contributed by atoms with Crippen LogP contribution in [0.25, 0.3) is 0 Å². The zero-order valence-corrected chi connectivity index (χ0v) is 14.1. The fourth-order valence-corrected chi connectivity index (χ4v) is 2.37. The van der Waals surface area contributed by atoms with Gasteiger partial charge in [0.2, 0.25) is 5.91 Å². The topological polar surface area (TPSA) is 46.2 Å². The van der Waals surface area contributed by atoms with E-state index >= 15 is 0 Å². The molecule has 0 spiro atoms. The summed E-state index contributed by atoms with van der Waals surface area (Å²) in [6, 6.07) is 9.43. The Balaban J connectivity index is 2.69. The molecule has 0 radical (unpaired) electrons. The van der Waals surface area contributed by atoms with Gasteiger partial charge < -0.3 is 5.32 Å². The number of carbonyl (C=O) groups excluding carboxylic acids is 2. The molecule has 3 nitrogen and oxygen atoms in total. The number of amides is 1. The van der Waals surface area contributed by atoms with E-state index < -0.39 is 6.04 Å². The highest BCUT2D eigenvalue weighted by Crippen LogP contribution is 2.12. The van der Waals surface area contributed by atoms with E-state index in [2.05, 4.69) is 11.9 Å². The van der Waals surface area contributed by atoms with Crippen LogP contribution >= 0.6 is 0 Å². The maximum absolute atomic E-state index is 12.4. The third-order valence-corrected chi connectivity index (χ3v) is 3.59. The Morgan fingerprint density at radius 2 is 1.73 bits per heavy atom. The summed E-state index contributed by atoms with van der Waals surface area (Å²) in [6.07, 6.45) is 1.30. The second-order valence-electron chi connectivity index (χ2n) is 6.43. The summed E-state index contributed by atoms with van der Waals surface area (Å²) in [6.45, 7) is 11.4. The normalized spacial score (nSPS) is 13.5. The fourth-order valence-electron chi connectivity index (χ4n) is 2.37. The van der Waals surface area contributed by atoms with Crippen LogP contribution in [0.4, 0.5) is 0 Å². The van der Waals surface area contributed by atoms with Crippen molar-refractivity contribution in [3.05, 3.63) is 48.0 Å². The molecule has 0 aliphatic rings. The largest absolute Gasteiger partial charge is 0.346 e. The molecule has 0 saturated carbocycles. The van der Waals surface area contributed by atoms with Gasteiger partial charge in [0.1, 0.15) is 0 Å². The molecule has 1 amide bonds. The van der Waals surface area contributed by atoms with E-state index in [0.29, 0.717) is 24.3 Å². The molecule has 2 atom stereocenters. The number of nitrogens with one attached hydrogen (secondary N) is 1. The molecule has 0 aliphatic carbocycles. The summed E-state index contributed by atoms with van der Waals surface area (Å²) in [4.78, 5) is 24.6. The number of hydrogen-bond acceptors (Lipinski definition) is 2. The minimum absolute atomic E-state index is 0.0750. The van der Waals surface area contributed by atoms with Crippen molar-refractivity contribution in [3.63, 3.8) is 0 Å². The zero-order chi connectivity index (χ0) is 16.7. The van der Waals surface area contributed by atoms with Crippen LogP contribution in [0.5, 0.6) is 0 Å². The van der Waals surface area contributed by atoms with E-state index in [9.17, 15) is 9.59 Å². The molecule has 0 aromatic heterocycles. The summed E-state index contributed by atoms with van der Waals surface area (Å²) in [5.74, 6) is 0.00563. The molecule has 1 rings (SSSR count). The number of carbonyl (C=O) groups is 2. The molecule has 0 heterocycles. The third-order valence-electron chi connectivity index (χ3n) is 3.59. The molecule has 1 aromatic carbocycles.